The number of nitrogens with zero attached hydrogens (tertiary/aromatic N) is 2. The molecule has 0 saturated carbocycles. The fourth-order valence-electron chi connectivity index (χ4n) is 3.68. The third kappa shape index (κ3) is 3.00. The number of fused-ring (bicyclic) bond motifs is 2. The van der Waals surface area contributed by atoms with Gasteiger partial charge in [0.25, 0.3) is 5.91 Å². The van der Waals surface area contributed by atoms with Crippen LogP contribution in [-0.4, -0.2) is 34.0 Å². The summed E-state index contributed by atoms with van der Waals surface area (Å²) in [4.78, 5) is 32.6. The van der Waals surface area contributed by atoms with Gasteiger partial charge in [-0.05, 0) is 43.2 Å². The lowest BCUT2D eigenvalue weighted by Crippen LogP contribution is -2.30. The van der Waals surface area contributed by atoms with Crippen molar-refractivity contribution in [1.29, 1.82) is 0 Å². The first kappa shape index (κ1) is 16.8. The van der Waals surface area contributed by atoms with E-state index < -0.39 is 0 Å². The van der Waals surface area contributed by atoms with Gasteiger partial charge in [0.2, 0.25) is 5.91 Å². The minimum atomic E-state index is -0.0226. The van der Waals surface area contributed by atoms with Crippen molar-refractivity contribution in [2.75, 3.05) is 17.6 Å². The van der Waals surface area contributed by atoms with Crippen LogP contribution in [0.15, 0.2) is 47.4 Å². The van der Waals surface area contributed by atoms with Crippen LogP contribution in [0.25, 0.3) is 10.2 Å². The summed E-state index contributed by atoms with van der Waals surface area (Å²) in [5.41, 5.74) is 2.34. The molecule has 1 N–H and O–H groups in total. The Balaban J connectivity index is 1.45. The Morgan fingerprint density at radius 2 is 2.11 bits per heavy atom. The van der Waals surface area contributed by atoms with Crippen molar-refractivity contribution < 1.29 is 9.59 Å². The van der Waals surface area contributed by atoms with Gasteiger partial charge in [-0.2, -0.15) is 0 Å². The largest absolute Gasteiger partial charge is 0.329 e. The quantitative estimate of drug-likeness (QED) is 0.702. The average molecular weight is 396 g/mol. The molecule has 1 unspecified atom stereocenters. The zero-order valence-electron chi connectivity index (χ0n) is 14.5. The van der Waals surface area contributed by atoms with E-state index in [-0.39, 0.29) is 17.9 Å². The first-order chi connectivity index (χ1) is 13.2. The number of likely N-dealkylation sites (tertiary alicyclic amines) is 1. The molecule has 136 valence electrons. The van der Waals surface area contributed by atoms with Crippen LogP contribution in [0.5, 0.6) is 0 Å². The number of nitrogens with one attached hydrogen (secondary N) is 1. The zero-order valence-corrected chi connectivity index (χ0v) is 16.1. The molecular formula is C20H17N3O2S2. The highest BCUT2D eigenvalue weighted by Crippen LogP contribution is 2.38. The van der Waals surface area contributed by atoms with E-state index in [1.165, 1.54) is 11.8 Å². The molecule has 7 heteroatoms. The highest BCUT2D eigenvalue weighted by atomic mass is 32.2. The van der Waals surface area contributed by atoms with Crippen LogP contribution in [0.1, 0.15) is 34.2 Å². The molecule has 1 aromatic heterocycles. The van der Waals surface area contributed by atoms with E-state index in [2.05, 4.69) is 11.4 Å². The summed E-state index contributed by atoms with van der Waals surface area (Å²) in [6.45, 7) is 0.734. The molecule has 2 aliphatic heterocycles. The number of hydrogen-bond acceptors (Lipinski definition) is 5. The van der Waals surface area contributed by atoms with Gasteiger partial charge in [-0.15, -0.1) is 23.1 Å². The minimum absolute atomic E-state index is 0.00405. The molecule has 1 saturated heterocycles. The number of aromatic nitrogens is 1. The summed E-state index contributed by atoms with van der Waals surface area (Å²) in [6.07, 6.45) is 1.91. The van der Waals surface area contributed by atoms with Gasteiger partial charge in [-0.1, -0.05) is 12.1 Å². The first-order valence-electron chi connectivity index (χ1n) is 8.92. The maximum atomic E-state index is 13.2. The molecule has 2 aliphatic rings. The Hall–Kier alpha value is -2.38. The second kappa shape index (κ2) is 6.65. The standard InChI is InChI=1S/C20H17N3O2S2/c24-18-11-26-16-8-7-12(10-14(16)21-18)20(25)23-9-3-5-15(23)19-22-13-4-1-2-6-17(13)27-19/h1-2,4,6-8,10,15H,3,5,9,11H2,(H,21,24). The van der Waals surface area contributed by atoms with Gasteiger partial charge in [0.1, 0.15) is 5.01 Å². The smallest absolute Gasteiger partial charge is 0.254 e. The minimum Gasteiger partial charge on any atom is -0.329 e. The fraction of sp³-hybridized carbons (Fsp3) is 0.250. The average Bonchev–Trinajstić information content (AvgIpc) is 3.33. The molecule has 2 amide bonds. The lowest BCUT2D eigenvalue weighted by molar-refractivity contribution is -0.113. The van der Waals surface area contributed by atoms with Gasteiger partial charge < -0.3 is 10.2 Å². The first-order valence-corrected chi connectivity index (χ1v) is 10.7. The number of para-hydroxylation sites is 1. The van der Waals surface area contributed by atoms with Crippen LogP contribution in [0, 0.1) is 0 Å². The van der Waals surface area contributed by atoms with Crippen LogP contribution in [-0.2, 0) is 4.79 Å². The molecule has 5 rings (SSSR count). The van der Waals surface area contributed by atoms with E-state index in [0.717, 1.165) is 45.2 Å². The van der Waals surface area contributed by atoms with E-state index in [1.807, 2.05) is 35.2 Å². The summed E-state index contributed by atoms with van der Waals surface area (Å²) >= 11 is 3.17. The molecule has 5 nitrogen and oxygen atoms in total. The van der Waals surface area contributed by atoms with Crippen molar-refractivity contribution in [3.8, 4) is 0 Å². The molecule has 1 fully saturated rings. The van der Waals surface area contributed by atoms with E-state index in [9.17, 15) is 9.59 Å². The van der Waals surface area contributed by atoms with Gasteiger partial charge >= 0.3 is 0 Å². The molecule has 1 atom stereocenters. The highest BCUT2D eigenvalue weighted by molar-refractivity contribution is 8.00. The monoisotopic (exact) mass is 395 g/mol. The number of carbonyl (C=O) groups is 2. The van der Waals surface area contributed by atoms with Crippen LogP contribution in [0.2, 0.25) is 0 Å². The molecule has 0 radical (unpaired) electrons. The number of carbonyl (C=O) groups excluding carboxylic acids is 2. The number of thiazole rings is 1. The fourth-order valence-corrected chi connectivity index (χ4v) is 5.58. The number of thioether (sulfide) groups is 1. The van der Waals surface area contributed by atoms with Gasteiger partial charge in [-0.3, -0.25) is 9.59 Å². The van der Waals surface area contributed by atoms with E-state index in [0.29, 0.717) is 11.3 Å². The maximum absolute atomic E-state index is 13.2. The Bertz CT molecular complexity index is 1030. The highest BCUT2D eigenvalue weighted by Gasteiger charge is 2.33. The topological polar surface area (TPSA) is 62.3 Å². The Labute approximate surface area is 164 Å². The molecule has 27 heavy (non-hydrogen) atoms. The third-order valence-corrected chi connectivity index (χ3v) is 7.18. The van der Waals surface area contributed by atoms with Crippen molar-refractivity contribution in [2.45, 2.75) is 23.8 Å². The van der Waals surface area contributed by atoms with E-state index in [4.69, 9.17) is 4.98 Å². The van der Waals surface area contributed by atoms with Crippen LogP contribution in [0.4, 0.5) is 5.69 Å². The van der Waals surface area contributed by atoms with Crippen molar-refractivity contribution in [1.82, 2.24) is 9.88 Å². The molecule has 3 aromatic rings. The Morgan fingerprint density at radius 3 is 3.00 bits per heavy atom. The Kier molecular flexibility index (Phi) is 4.13. The van der Waals surface area contributed by atoms with Crippen molar-refractivity contribution in [3.63, 3.8) is 0 Å². The van der Waals surface area contributed by atoms with Gasteiger partial charge in [0.05, 0.1) is 27.7 Å². The molecule has 3 heterocycles. The second-order valence-corrected chi connectivity index (χ2v) is 8.80. The summed E-state index contributed by atoms with van der Waals surface area (Å²) < 4.78 is 1.15. The maximum Gasteiger partial charge on any atom is 0.254 e. The predicted molar refractivity (Wildman–Crippen MR) is 108 cm³/mol. The zero-order chi connectivity index (χ0) is 18.4. The third-order valence-electron chi connectivity index (χ3n) is 4.97. The summed E-state index contributed by atoms with van der Waals surface area (Å²) in [5.74, 6) is 0.404. The summed E-state index contributed by atoms with van der Waals surface area (Å²) in [6, 6.07) is 13.7. The SMILES string of the molecule is O=C1CSc2ccc(C(=O)N3CCCC3c3nc4ccccc4s3)cc2N1. The number of rotatable bonds is 2. The van der Waals surface area contributed by atoms with Crippen LogP contribution < -0.4 is 5.32 Å². The van der Waals surface area contributed by atoms with Gasteiger partial charge in [0.15, 0.2) is 0 Å². The molecule has 0 spiro atoms. The van der Waals surface area contributed by atoms with Crippen LogP contribution >= 0.6 is 23.1 Å². The van der Waals surface area contributed by atoms with Gasteiger partial charge in [0, 0.05) is 17.0 Å². The molecule has 0 bridgehead atoms. The lowest BCUT2D eigenvalue weighted by atomic mass is 10.1. The normalized spacial score (nSPS) is 19.2. The number of anilines is 1. The summed E-state index contributed by atoms with van der Waals surface area (Å²) in [5, 5.41) is 3.87. The molecular weight excluding hydrogens is 378 g/mol. The summed E-state index contributed by atoms with van der Waals surface area (Å²) in [7, 11) is 0. The van der Waals surface area contributed by atoms with E-state index in [1.54, 1.807) is 17.4 Å². The number of benzene rings is 2. The van der Waals surface area contributed by atoms with Crippen molar-refractivity contribution in [3.05, 3.63) is 53.0 Å². The van der Waals surface area contributed by atoms with Gasteiger partial charge in [-0.25, -0.2) is 4.98 Å². The number of amides is 2. The molecule has 2 aromatic carbocycles. The molecule has 0 aliphatic carbocycles. The van der Waals surface area contributed by atoms with E-state index >= 15 is 0 Å². The Morgan fingerprint density at radius 1 is 1.22 bits per heavy atom. The number of hydrogen-bond donors (Lipinski definition) is 1. The lowest BCUT2D eigenvalue weighted by Gasteiger charge is -2.24. The van der Waals surface area contributed by atoms with Crippen LogP contribution in [0.3, 0.4) is 0 Å². The van der Waals surface area contributed by atoms with Crippen molar-refractivity contribution in [2.24, 2.45) is 0 Å². The second-order valence-electron chi connectivity index (χ2n) is 6.72. The predicted octanol–water partition coefficient (Wildman–Crippen LogP) is 4.32. The van der Waals surface area contributed by atoms with Crippen molar-refractivity contribution >= 4 is 50.8 Å².